The van der Waals surface area contributed by atoms with E-state index < -0.39 is 12.1 Å². The first-order valence-electron chi connectivity index (χ1n) is 23.8. The number of rotatable bonds is 44. The highest BCUT2D eigenvalue weighted by molar-refractivity contribution is 5.76. The van der Waals surface area contributed by atoms with Crippen LogP contribution in [0, 0.1) is 0 Å². The third-order valence-corrected chi connectivity index (χ3v) is 11.2. The summed E-state index contributed by atoms with van der Waals surface area (Å²) >= 11 is 0. The molecule has 0 saturated carbocycles. The summed E-state index contributed by atoms with van der Waals surface area (Å²) in [6.07, 6.45) is 46.3. The number of hydrogen-bond acceptors (Lipinski definition) is 5. The van der Waals surface area contributed by atoms with E-state index in [1.807, 2.05) is 0 Å². The highest BCUT2D eigenvalue weighted by Gasteiger charge is 2.20. The molecule has 0 aromatic heterocycles. The molecule has 0 aromatic carbocycles. The van der Waals surface area contributed by atoms with Crippen LogP contribution in [-0.4, -0.2) is 47.4 Å². The fourth-order valence-corrected chi connectivity index (χ4v) is 7.46. The molecule has 0 aromatic rings. The van der Waals surface area contributed by atoms with Crippen LogP contribution in [0.25, 0.3) is 0 Å². The van der Waals surface area contributed by atoms with Gasteiger partial charge in [-0.25, -0.2) is 0 Å². The van der Waals surface area contributed by atoms with E-state index in [-0.39, 0.29) is 18.5 Å². The number of hydrogen-bond donors (Lipinski definition) is 3. The van der Waals surface area contributed by atoms with Gasteiger partial charge >= 0.3 is 5.97 Å². The largest absolute Gasteiger partial charge is 0.466 e. The quantitative estimate of drug-likeness (QED) is 0.0425. The zero-order valence-corrected chi connectivity index (χ0v) is 35.8. The maximum atomic E-state index is 12.4. The van der Waals surface area contributed by atoms with Crippen LogP contribution in [0.4, 0.5) is 0 Å². The van der Waals surface area contributed by atoms with E-state index in [0.29, 0.717) is 25.9 Å². The molecule has 0 aliphatic rings. The van der Waals surface area contributed by atoms with Crippen molar-refractivity contribution in [2.45, 2.75) is 276 Å². The summed E-state index contributed by atoms with van der Waals surface area (Å²) in [4.78, 5) is 24.3. The lowest BCUT2D eigenvalue weighted by atomic mass is 10.0. The van der Waals surface area contributed by atoms with Crippen LogP contribution in [0.5, 0.6) is 0 Å². The molecule has 316 valence electrons. The second-order valence-electron chi connectivity index (χ2n) is 16.5. The molecule has 6 heteroatoms. The first-order chi connectivity index (χ1) is 26.0. The minimum absolute atomic E-state index is 0.000318. The number of nitrogens with one attached hydrogen (secondary N) is 1. The van der Waals surface area contributed by atoms with E-state index in [0.717, 1.165) is 44.9 Å². The van der Waals surface area contributed by atoms with Crippen molar-refractivity contribution in [3.8, 4) is 0 Å². The van der Waals surface area contributed by atoms with Crippen molar-refractivity contribution in [2.24, 2.45) is 0 Å². The first-order valence-corrected chi connectivity index (χ1v) is 23.8. The Hall–Kier alpha value is -1.14. The standard InChI is InChI=1S/C47H93NO5/c1-3-5-7-9-11-13-20-25-29-33-37-41-47(52)53-42-38-34-30-26-22-19-17-15-16-18-21-24-28-32-36-40-46(51)48-44(43-49)45(50)39-35-31-27-23-14-12-10-8-6-4-2/h44-45,49-50H,3-43H2,1-2H3,(H,48,51). The lowest BCUT2D eigenvalue weighted by molar-refractivity contribution is -0.143. The van der Waals surface area contributed by atoms with Crippen LogP contribution in [-0.2, 0) is 14.3 Å². The summed E-state index contributed by atoms with van der Waals surface area (Å²) < 4.78 is 5.44. The summed E-state index contributed by atoms with van der Waals surface area (Å²) in [5, 5.41) is 23.1. The molecule has 2 unspecified atom stereocenters. The number of carbonyl (C=O) groups is 2. The Morgan fingerprint density at radius 2 is 0.774 bits per heavy atom. The van der Waals surface area contributed by atoms with Crippen molar-refractivity contribution in [2.75, 3.05) is 13.2 Å². The van der Waals surface area contributed by atoms with Crippen molar-refractivity contribution in [3.63, 3.8) is 0 Å². The number of carbonyl (C=O) groups excluding carboxylic acids is 2. The number of esters is 1. The average Bonchev–Trinajstić information content (AvgIpc) is 3.16. The Morgan fingerprint density at radius 1 is 0.453 bits per heavy atom. The van der Waals surface area contributed by atoms with Crippen LogP contribution in [0.1, 0.15) is 264 Å². The van der Waals surface area contributed by atoms with Crippen LogP contribution < -0.4 is 5.32 Å². The SMILES string of the molecule is CCCCCCCCCCCCCC(=O)OCCCCCCCCCCCCCCCCCC(=O)NC(CO)C(O)CCCCCCCCCCCC. The monoisotopic (exact) mass is 752 g/mol. The predicted molar refractivity (Wildman–Crippen MR) is 227 cm³/mol. The van der Waals surface area contributed by atoms with E-state index in [1.165, 1.54) is 186 Å². The number of unbranched alkanes of at least 4 members (excludes halogenated alkanes) is 33. The molecule has 53 heavy (non-hydrogen) atoms. The van der Waals surface area contributed by atoms with Crippen molar-refractivity contribution in [1.29, 1.82) is 0 Å². The smallest absolute Gasteiger partial charge is 0.305 e. The zero-order chi connectivity index (χ0) is 38.7. The van der Waals surface area contributed by atoms with Gasteiger partial charge < -0.3 is 20.3 Å². The first kappa shape index (κ1) is 51.9. The minimum Gasteiger partial charge on any atom is -0.466 e. The molecule has 0 heterocycles. The van der Waals surface area contributed by atoms with Gasteiger partial charge in [-0.3, -0.25) is 9.59 Å². The van der Waals surface area contributed by atoms with Crippen molar-refractivity contribution in [3.05, 3.63) is 0 Å². The lowest BCUT2D eigenvalue weighted by Gasteiger charge is -2.22. The normalized spacial score (nSPS) is 12.6. The van der Waals surface area contributed by atoms with E-state index in [1.54, 1.807) is 0 Å². The van der Waals surface area contributed by atoms with Crippen molar-refractivity contribution < 1.29 is 24.5 Å². The van der Waals surface area contributed by atoms with Gasteiger partial charge in [-0.1, -0.05) is 226 Å². The second kappa shape index (κ2) is 43.6. The number of ether oxygens (including phenoxy) is 1. The zero-order valence-electron chi connectivity index (χ0n) is 35.8. The summed E-state index contributed by atoms with van der Waals surface area (Å²) in [6, 6.07) is -0.544. The third kappa shape index (κ3) is 40.3. The van der Waals surface area contributed by atoms with Gasteiger partial charge in [0.1, 0.15) is 0 Å². The molecule has 0 bridgehead atoms. The average molecular weight is 752 g/mol. The predicted octanol–water partition coefficient (Wildman–Crippen LogP) is 13.6. The van der Waals surface area contributed by atoms with E-state index >= 15 is 0 Å². The van der Waals surface area contributed by atoms with Gasteiger partial charge in [-0.15, -0.1) is 0 Å². The van der Waals surface area contributed by atoms with E-state index in [9.17, 15) is 19.8 Å². The van der Waals surface area contributed by atoms with Crippen molar-refractivity contribution >= 4 is 11.9 Å². The Bertz CT molecular complexity index is 746. The molecule has 0 rings (SSSR count). The van der Waals surface area contributed by atoms with Gasteiger partial charge in [0.25, 0.3) is 0 Å². The van der Waals surface area contributed by atoms with Crippen LogP contribution in [0.2, 0.25) is 0 Å². The molecule has 2 atom stereocenters. The molecule has 0 aliphatic carbocycles. The summed E-state index contributed by atoms with van der Waals surface area (Å²) in [6.45, 7) is 4.92. The Balaban J connectivity index is 3.41. The fraction of sp³-hybridized carbons (Fsp3) is 0.957. The van der Waals surface area contributed by atoms with E-state index in [4.69, 9.17) is 4.74 Å². The van der Waals surface area contributed by atoms with Gasteiger partial charge in [0, 0.05) is 12.8 Å². The molecule has 0 aliphatic heterocycles. The molecule has 0 fully saturated rings. The molecule has 0 spiro atoms. The molecule has 0 saturated heterocycles. The number of amides is 1. The maximum absolute atomic E-state index is 12.4. The minimum atomic E-state index is -0.666. The van der Waals surface area contributed by atoms with Crippen LogP contribution in [0.3, 0.4) is 0 Å². The molecule has 0 radical (unpaired) electrons. The molecular weight excluding hydrogens is 659 g/mol. The van der Waals surface area contributed by atoms with Crippen LogP contribution >= 0.6 is 0 Å². The summed E-state index contributed by atoms with van der Waals surface area (Å²) in [5.41, 5.74) is 0. The van der Waals surface area contributed by atoms with Gasteiger partial charge in [0.15, 0.2) is 0 Å². The molecule has 3 N–H and O–H groups in total. The summed E-state index contributed by atoms with van der Waals surface area (Å²) in [5.74, 6) is -0.0442. The van der Waals surface area contributed by atoms with Gasteiger partial charge in [0.2, 0.25) is 5.91 Å². The number of aliphatic hydroxyl groups is 2. The molecule has 6 nitrogen and oxygen atoms in total. The second-order valence-corrected chi connectivity index (χ2v) is 16.5. The van der Waals surface area contributed by atoms with E-state index in [2.05, 4.69) is 19.2 Å². The third-order valence-electron chi connectivity index (χ3n) is 11.2. The Morgan fingerprint density at radius 3 is 1.15 bits per heavy atom. The van der Waals surface area contributed by atoms with Crippen molar-refractivity contribution in [1.82, 2.24) is 5.32 Å². The highest BCUT2D eigenvalue weighted by Crippen LogP contribution is 2.16. The van der Waals surface area contributed by atoms with Crippen LogP contribution in [0.15, 0.2) is 0 Å². The lowest BCUT2D eigenvalue weighted by Crippen LogP contribution is -2.45. The fourth-order valence-electron chi connectivity index (χ4n) is 7.46. The Kier molecular flexibility index (Phi) is 42.6. The van der Waals surface area contributed by atoms with Gasteiger partial charge in [-0.2, -0.15) is 0 Å². The highest BCUT2D eigenvalue weighted by atomic mass is 16.5. The topological polar surface area (TPSA) is 95.9 Å². The van der Waals surface area contributed by atoms with Gasteiger partial charge in [0.05, 0.1) is 25.4 Å². The maximum Gasteiger partial charge on any atom is 0.305 e. The molecule has 1 amide bonds. The Labute approximate surface area is 330 Å². The molecular formula is C47H93NO5. The summed E-state index contributed by atoms with van der Waals surface area (Å²) in [7, 11) is 0. The number of aliphatic hydroxyl groups excluding tert-OH is 2. The van der Waals surface area contributed by atoms with Gasteiger partial charge in [-0.05, 0) is 25.7 Å².